The van der Waals surface area contributed by atoms with Crippen LogP contribution in [-0.2, 0) is 0 Å². The van der Waals surface area contributed by atoms with E-state index in [0.717, 1.165) is 0 Å². The van der Waals surface area contributed by atoms with Crippen molar-refractivity contribution in [2.24, 2.45) is 0 Å². The second-order valence-corrected chi connectivity index (χ2v) is 6.54. The lowest BCUT2D eigenvalue weighted by Gasteiger charge is -2.14. The minimum absolute atomic E-state index is 1.28. The van der Waals surface area contributed by atoms with Crippen LogP contribution >= 0.6 is 11.8 Å². The molecule has 106 valence electrons. The lowest BCUT2D eigenvalue weighted by molar-refractivity contribution is 1.45. The summed E-state index contributed by atoms with van der Waals surface area (Å²) in [4.78, 5) is 2.63. The molecule has 0 fully saturated rings. The Morgan fingerprint density at radius 2 is 1.00 bits per heavy atom. The van der Waals surface area contributed by atoms with Gasteiger partial charge in [0.25, 0.3) is 0 Å². The maximum Gasteiger partial charge on any atom is 0.0279 e. The quantitative estimate of drug-likeness (QED) is 0.383. The van der Waals surface area contributed by atoms with Crippen LogP contribution in [0.5, 0.6) is 0 Å². The Balaban J connectivity index is 2.07. The van der Waals surface area contributed by atoms with Crippen molar-refractivity contribution in [2.45, 2.75) is 16.7 Å². The lowest BCUT2D eigenvalue weighted by atomic mass is 9.98. The van der Waals surface area contributed by atoms with E-state index in [1.807, 2.05) is 11.8 Å². The van der Waals surface area contributed by atoms with E-state index in [1.165, 1.54) is 36.9 Å². The molecule has 0 N–H and O–H groups in total. The van der Waals surface area contributed by atoms with Crippen LogP contribution in [0.3, 0.4) is 0 Å². The van der Waals surface area contributed by atoms with Gasteiger partial charge in [-0.25, -0.2) is 0 Å². The van der Waals surface area contributed by atoms with E-state index >= 15 is 0 Å². The van der Waals surface area contributed by atoms with Gasteiger partial charge in [0.1, 0.15) is 0 Å². The van der Waals surface area contributed by atoms with Crippen molar-refractivity contribution >= 4 is 33.3 Å². The predicted molar refractivity (Wildman–Crippen MR) is 96.8 cm³/mol. The summed E-state index contributed by atoms with van der Waals surface area (Å²) in [6.07, 6.45) is 0. The summed E-state index contributed by atoms with van der Waals surface area (Å²) in [7, 11) is 0. The molecule has 4 rings (SSSR count). The van der Waals surface area contributed by atoms with Crippen LogP contribution in [0.15, 0.2) is 88.7 Å². The standard InChI is InChI=1S/C21H16S/c1-15-17-11-5-7-13-19(17)21(20-14-8-6-12-18(15)20)22-16-9-3-2-4-10-16/h2-14H,1H3. The maximum atomic E-state index is 2.24. The first-order valence-corrected chi connectivity index (χ1v) is 8.29. The highest BCUT2D eigenvalue weighted by atomic mass is 32.2. The van der Waals surface area contributed by atoms with Gasteiger partial charge in [-0.3, -0.25) is 0 Å². The fraction of sp³-hybridized carbons (Fsp3) is 0.0476. The molecule has 4 aromatic carbocycles. The number of hydrogen-bond acceptors (Lipinski definition) is 1. The van der Waals surface area contributed by atoms with Gasteiger partial charge in [0, 0.05) is 9.79 Å². The van der Waals surface area contributed by atoms with Crippen LogP contribution in [0.1, 0.15) is 5.56 Å². The summed E-state index contributed by atoms with van der Waals surface area (Å²) >= 11 is 1.86. The van der Waals surface area contributed by atoms with Gasteiger partial charge in [-0.2, -0.15) is 0 Å². The zero-order chi connectivity index (χ0) is 14.9. The van der Waals surface area contributed by atoms with Crippen molar-refractivity contribution in [3.05, 3.63) is 84.4 Å². The van der Waals surface area contributed by atoms with Gasteiger partial charge < -0.3 is 0 Å². The molecular formula is C21H16S. The smallest absolute Gasteiger partial charge is 0.0279 e. The summed E-state index contributed by atoms with van der Waals surface area (Å²) in [5.41, 5.74) is 1.36. The molecule has 1 heteroatoms. The summed E-state index contributed by atoms with van der Waals surface area (Å²) in [6.45, 7) is 2.22. The first kappa shape index (κ1) is 13.4. The van der Waals surface area contributed by atoms with E-state index in [4.69, 9.17) is 0 Å². The van der Waals surface area contributed by atoms with Crippen LogP contribution in [0, 0.1) is 6.92 Å². The molecule has 0 saturated heterocycles. The summed E-state index contributed by atoms with van der Waals surface area (Å²) in [5.74, 6) is 0. The number of fused-ring (bicyclic) bond motifs is 2. The molecule has 22 heavy (non-hydrogen) atoms. The van der Waals surface area contributed by atoms with E-state index in [-0.39, 0.29) is 0 Å². The van der Waals surface area contributed by atoms with Crippen LogP contribution < -0.4 is 0 Å². The molecule has 0 amide bonds. The molecular weight excluding hydrogens is 284 g/mol. The topological polar surface area (TPSA) is 0 Å². The average molecular weight is 300 g/mol. The first-order chi connectivity index (χ1) is 10.8. The third-order valence-electron chi connectivity index (χ3n) is 4.11. The lowest BCUT2D eigenvalue weighted by Crippen LogP contribution is -1.87. The average Bonchev–Trinajstić information content (AvgIpc) is 2.59. The van der Waals surface area contributed by atoms with E-state index in [9.17, 15) is 0 Å². The van der Waals surface area contributed by atoms with Gasteiger partial charge in [-0.05, 0) is 46.2 Å². The minimum Gasteiger partial charge on any atom is -0.0888 e. The molecule has 0 aliphatic rings. The molecule has 0 nitrogen and oxygen atoms in total. The van der Waals surface area contributed by atoms with Crippen molar-refractivity contribution in [1.82, 2.24) is 0 Å². The van der Waals surface area contributed by atoms with Gasteiger partial charge in [-0.1, -0.05) is 78.5 Å². The van der Waals surface area contributed by atoms with Gasteiger partial charge in [0.2, 0.25) is 0 Å². The molecule has 0 unspecified atom stereocenters. The molecule has 0 aliphatic carbocycles. The molecule has 4 aromatic rings. The van der Waals surface area contributed by atoms with Gasteiger partial charge >= 0.3 is 0 Å². The van der Waals surface area contributed by atoms with Gasteiger partial charge in [0.15, 0.2) is 0 Å². The van der Waals surface area contributed by atoms with Crippen LogP contribution in [0.4, 0.5) is 0 Å². The number of rotatable bonds is 2. The summed E-state index contributed by atoms with van der Waals surface area (Å²) in [5, 5.41) is 5.37. The van der Waals surface area contributed by atoms with E-state index in [1.54, 1.807) is 0 Å². The zero-order valence-corrected chi connectivity index (χ0v) is 13.2. The Hall–Kier alpha value is -2.25. The summed E-state index contributed by atoms with van der Waals surface area (Å²) < 4.78 is 0. The van der Waals surface area contributed by atoms with Crippen LogP contribution in [-0.4, -0.2) is 0 Å². The van der Waals surface area contributed by atoms with Crippen molar-refractivity contribution in [2.75, 3.05) is 0 Å². The highest BCUT2D eigenvalue weighted by Crippen LogP contribution is 2.41. The molecule has 0 saturated carbocycles. The number of hydrogen-bond donors (Lipinski definition) is 0. The van der Waals surface area contributed by atoms with Crippen molar-refractivity contribution in [1.29, 1.82) is 0 Å². The Labute approximate surface area is 134 Å². The summed E-state index contributed by atoms with van der Waals surface area (Å²) in [6, 6.07) is 28.1. The SMILES string of the molecule is Cc1c2ccccc2c(Sc2ccccc2)c2ccccc12. The second-order valence-electron chi connectivity index (χ2n) is 5.46. The molecule has 0 aromatic heterocycles. The number of aryl methyl sites for hydroxylation is 1. The van der Waals surface area contributed by atoms with Gasteiger partial charge in [0.05, 0.1) is 0 Å². The van der Waals surface area contributed by atoms with Crippen molar-refractivity contribution in [3.8, 4) is 0 Å². The highest BCUT2D eigenvalue weighted by molar-refractivity contribution is 7.99. The first-order valence-electron chi connectivity index (χ1n) is 7.47. The molecule has 0 radical (unpaired) electrons. The van der Waals surface area contributed by atoms with Crippen LogP contribution in [0.2, 0.25) is 0 Å². The van der Waals surface area contributed by atoms with E-state index in [2.05, 4.69) is 85.8 Å². The van der Waals surface area contributed by atoms with E-state index < -0.39 is 0 Å². The van der Waals surface area contributed by atoms with Gasteiger partial charge in [-0.15, -0.1) is 0 Å². The van der Waals surface area contributed by atoms with E-state index in [0.29, 0.717) is 0 Å². The molecule has 0 bridgehead atoms. The predicted octanol–water partition coefficient (Wildman–Crippen LogP) is 6.45. The molecule has 0 heterocycles. The fourth-order valence-corrected chi connectivity index (χ4v) is 4.13. The van der Waals surface area contributed by atoms with Crippen molar-refractivity contribution in [3.63, 3.8) is 0 Å². The largest absolute Gasteiger partial charge is 0.0888 e. The minimum atomic E-state index is 1.28. The Morgan fingerprint density at radius 3 is 1.55 bits per heavy atom. The molecule has 0 aliphatic heterocycles. The molecule has 0 spiro atoms. The molecule has 0 atom stereocenters. The second kappa shape index (κ2) is 5.51. The Bertz CT molecular complexity index is 898. The normalized spacial score (nSPS) is 11.1. The monoisotopic (exact) mass is 300 g/mol. The third-order valence-corrected chi connectivity index (χ3v) is 5.27. The van der Waals surface area contributed by atoms with Crippen molar-refractivity contribution < 1.29 is 0 Å². The Morgan fingerprint density at radius 1 is 0.545 bits per heavy atom. The fourth-order valence-electron chi connectivity index (χ4n) is 3.02. The highest BCUT2D eigenvalue weighted by Gasteiger charge is 2.11. The van der Waals surface area contributed by atoms with Crippen LogP contribution in [0.25, 0.3) is 21.5 Å². The third kappa shape index (κ3) is 2.18. The Kier molecular flexibility index (Phi) is 3.36. The maximum absolute atomic E-state index is 2.24. The number of benzene rings is 4. The zero-order valence-electron chi connectivity index (χ0n) is 12.4.